The van der Waals surface area contributed by atoms with E-state index in [1.54, 1.807) is 6.33 Å². The van der Waals surface area contributed by atoms with Crippen molar-refractivity contribution in [3.8, 4) is 16.9 Å². The summed E-state index contributed by atoms with van der Waals surface area (Å²) in [6.07, 6.45) is 6.23. The molecule has 0 spiro atoms. The largest absolute Gasteiger partial charge is 0.378 e. The topological polar surface area (TPSA) is 71.9 Å². The van der Waals surface area contributed by atoms with Crippen LogP contribution in [0.15, 0.2) is 55.1 Å². The van der Waals surface area contributed by atoms with E-state index in [1.807, 2.05) is 30.6 Å². The molecule has 5 aromatic rings. The third kappa shape index (κ3) is 3.35. The van der Waals surface area contributed by atoms with Gasteiger partial charge in [0.2, 0.25) is 0 Å². The minimum absolute atomic E-state index is 0.642. The normalized spacial score (nSPS) is 14.4. The van der Waals surface area contributed by atoms with Gasteiger partial charge >= 0.3 is 0 Å². The maximum Gasteiger partial charge on any atom is 0.114 e. The van der Waals surface area contributed by atoms with Gasteiger partial charge < -0.3 is 14.6 Å². The number of aromatic amines is 1. The first-order valence-electron chi connectivity index (χ1n) is 11.2. The van der Waals surface area contributed by atoms with E-state index in [-0.39, 0.29) is 0 Å². The Morgan fingerprint density at radius 3 is 2.76 bits per heavy atom. The molecular weight excluding hydrogens is 436 g/mol. The minimum atomic E-state index is 0.642. The second-order valence-electron chi connectivity index (χ2n) is 8.10. The summed E-state index contributed by atoms with van der Waals surface area (Å²) in [5.41, 5.74) is 6.82. The molecule has 1 N–H and O–H groups in total. The number of benzene rings is 2. The zero-order chi connectivity index (χ0) is 22.4. The van der Waals surface area contributed by atoms with Crippen LogP contribution >= 0.6 is 11.6 Å². The van der Waals surface area contributed by atoms with Crippen molar-refractivity contribution >= 4 is 39.2 Å². The molecule has 0 atom stereocenters. The van der Waals surface area contributed by atoms with E-state index in [9.17, 15) is 0 Å². The summed E-state index contributed by atoms with van der Waals surface area (Å²) in [6, 6.07) is 12.4. The van der Waals surface area contributed by atoms with E-state index in [1.165, 1.54) is 0 Å². The number of anilines is 1. The summed E-state index contributed by atoms with van der Waals surface area (Å²) in [7, 11) is 0. The maximum absolute atomic E-state index is 6.48. The number of hydrogen-bond acceptors (Lipinski definition) is 5. The van der Waals surface area contributed by atoms with Crippen LogP contribution in [0, 0.1) is 0 Å². The van der Waals surface area contributed by atoms with E-state index >= 15 is 0 Å². The lowest BCUT2D eigenvalue weighted by Crippen LogP contribution is -2.36. The second kappa shape index (κ2) is 8.17. The molecule has 33 heavy (non-hydrogen) atoms. The van der Waals surface area contributed by atoms with Crippen LogP contribution in [-0.4, -0.2) is 50.8 Å². The lowest BCUT2D eigenvalue weighted by Gasteiger charge is -2.29. The molecule has 7 nitrogen and oxygen atoms in total. The molecule has 3 aromatic heterocycles. The minimum Gasteiger partial charge on any atom is -0.378 e. The predicted molar refractivity (Wildman–Crippen MR) is 131 cm³/mol. The van der Waals surface area contributed by atoms with Gasteiger partial charge in [0.25, 0.3) is 0 Å². The number of para-hydroxylation sites is 1. The number of aryl methyl sites for hydroxylation is 1. The highest BCUT2D eigenvalue weighted by Gasteiger charge is 2.21. The molecular formula is C25H23ClN6O. The number of ether oxygens (including phenoxy) is 1. The molecule has 2 aromatic carbocycles. The number of pyridine rings is 1. The molecule has 1 aliphatic heterocycles. The first-order valence-corrected chi connectivity index (χ1v) is 11.5. The van der Waals surface area contributed by atoms with Crippen LogP contribution in [0.1, 0.15) is 12.7 Å². The highest BCUT2D eigenvalue weighted by molar-refractivity contribution is 6.35. The maximum atomic E-state index is 6.48. The fraction of sp³-hybridized carbons (Fsp3) is 0.240. The van der Waals surface area contributed by atoms with Crippen molar-refractivity contribution in [2.75, 3.05) is 31.2 Å². The van der Waals surface area contributed by atoms with Crippen LogP contribution in [0.5, 0.6) is 0 Å². The van der Waals surface area contributed by atoms with Crippen LogP contribution in [0.2, 0.25) is 5.02 Å². The number of rotatable bonds is 4. The number of morpholine rings is 1. The summed E-state index contributed by atoms with van der Waals surface area (Å²) in [5, 5.41) is 1.64. The van der Waals surface area contributed by atoms with Crippen LogP contribution in [0.3, 0.4) is 0 Å². The Morgan fingerprint density at radius 2 is 1.97 bits per heavy atom. The standard InChI is InChI=1S/C25H23ClN6O/c1-2-23-30-25-18(20-14-27-15-29-20)12-16(31-8-10-33-11-9-31)13-22(25)32(23)21-6-7-28-24-17(21)4-3-5-19(24)26/h3-7,12-15H,2,8-11H2,1H3,(H,27,29). The Balaban J connectivity index is 1.68. The lowest BCUT2D eigenvalue weighted by atomic mass is 10.1. The van der Waals surface area contributed by atoms with Gasteiger partial charge in [0.1, 0.15) is 5.82 Å². The highest BCUT2D eigenvalue weighted by atomic mass is 35.5. The highest BCUT2D eigenvalue weighted by Crippen LogP contribution is 2.36. The fourth-order valence-electron chi connectivity index (χ4n) is 4.64. The predicted octanol–water partition coefficient (Wildman–Crippen LogP) is 5.02. The molecule has 0 unspecified atom stereocenters. The molecule has 6 rings (SSSR count). The Labute approximate surface area is 196 Å². The molecule has 8 heteroatoms. The van der Waals surface area contributed by atoms with Crippen molar-refractivity contribution in [2.45, 2.75) is 13.3 Å². The quantitative estimate of drug-likeness (QED) is 0.409. The SMILES string of the molecule is CCc1nc2c(-c3c[nH]cn3)cc(N3CCOCC3)cc2n1-c1ccnc2c(Cl)cccc12. The van der Waals surface area contributed by atoms with Gasteiger partial charge in [0.05, 0.1) is 52.5 Å². The van der Waals surface area contributed by atoms with Crippen molar-refractivity contribution < 1.29 is 4.74 Å². The molecule has 0 amide bonds. The van der Waals surface area contributed by atoms with Gasteiger partial charge in [-0.2, -0.15) is 0 Å². The van der Waals surface area contributed by atoms with E-state index in [4.69, 9.17) is 21.3 Å². The van der Waals surface area contributed by atoms with Crippen molar-refractivity contribution in [1.82, 2.24) is 24.5 Å². The van der Waals surface area contributed by atoms with Crippen LogP contribution in [0.25, 0.3) is 38.9 Å². The molecule has 1 aliphatic rings. The Hall–Kier alpha value is -3.42. The summed E-state index contributed by atoms with van der Waals surface area (Å²) < 4.78 is 7.83. The molecule has 0 radical (unpaired) electrons. The van der Waals surface area contributed by atoms with Crippen LogP contribution in [0.4, 0.5) is 5.69 Å². The summed E-state index contributed by atoms with van der Waals surface area (Å²) in [6.45, 7) is 5.29. The molecule has 0 saturated carbocycles. The molecule has 0 bridgehead atoms. The lowest BCUT2D eigenvalue weighted by molar-refractivity contribution is 0.122. The fourth-order valence-corrected chi connectivity index (χ4v) is 4.87. The third-order valence-corrected chi connectivity index (χ3v) is 6.53. The van der Waals surface area contributed by atoms with Gasteiger partial charge in [0, 0.05) is 48.5 Å². The second-order valence-corrected chi connectivity index (χ2v) is 8.51. The van der Waals surface area contributed by atoms with E-state index in [2.05, 4.69) is 49.5 Å². The number of nitrogens with zero attached hydrogens (tertiary/aromatic N) is 5. The first-order chi connectivity index (χ1) is 16.2. The third-order valence-electron chi connectivity index (χ3n) is 6.22. The van der Waals surface area contributed by atoms with Crippen molar-refractivity contribution in [3.63, 3.8) is 0 Å². The van der Waals surface area contributed by atoms with Crippen LogP contribution < -0.4 is 4.90 Å². The number of H-pyrrole nitrogens is 1. The first kappa shape index (κ1) is 20.2. The van der Waals surface area contributed by atoms with Crippen molar-refractivity contribution in [2.24, 2.45) is 0 Å². The molecule has 1 fully saturated rings. The summed E-state index contributed by atoms with van der Waals surface area (Å²) in [5.74, 6) is 0.980. The number of fused-ring (bicyclic) bond motifs is 2. The number of imidazole rings is 2. The molecule has 4 heterocycles. The smallest absolute Gasteiger partial charge is 0.114 e. The average molecular weight is 459 g/mol. The zero-order valence-corrected chi connectivity index (χ0v) is 19.0. The van der Waals surface area contributed by atoms with Gasteiger partial charge in [-0.3, -0.25) is 9.55 Å². The number of aromatic nitrogens is 5. The van der Waals surface area contributed by atoms with E-state index in [0.29, 0.717) is 5.02 Å². The Bertz CT molecular complexity index is 1450. The zero-order valence-electron chi connectivity index (χ0n) is 18.3. The Morgan fingerprint density at radius 1 is 1.09 bits per heavy atom. The molecule has 166 valence electrons. The van der Waals surface area contributed by atoms with Crippen LogP contribution in [-0.2, 0) is 11.2 Å². The summed E-state index contributed by atoms with van der Waals surface area (Å²) in [4.78, 5) is 19.6. The number of nitrogens with one attached hydrogen (secondary N) is 1. The number of hydrogen-bond donors (Lipinski definition) is 1. The Kier molecular flexibility index (Phi) is 5.00. The van der Waals surface area contributed by atoms with Gasteiger partial charge in [-0.05, 0) is 24.3 Å². The monoisotopic (exact) mass is 458 g/mol. The van der Waals surface area contributed by atoms with Gasteiger partial charge in [-0.15, -0.1) is 0 Å². The van der Waals surface area contributed by atoms with Gasteiger partial charge in [-0.25, -0.2) is 9.97 Å². The molecule has 0 aliphatic carbocycles. The van der Waals surface area contributed by atoms with E-state index < -0.39 is 0 Å². The number of halogens is 1. The van der Waals surface area contributed by atoms with Crippen molar-refractivity contribution in [3.05, 3.63) is 66.0 Å². The van der Waals surface area contributed by atoms with Gasteiger partial charge in [-0.1, -0.05) is 30.7 Å². The van der Waals surface area contributed by atoms with Crippen molar-refractivity contribution in [1.29, 1.82) is 0 Å². The average Bonchev–Trinajstić information content (AvgIpc) is 3.52. The molecule has 1 saturated heterocycles. The summed E-state index contributed by atoms with van der Waals surface area (Å²) >= 11 is 6.48. The van der Waals surface area contributed by atoms with E-state index in [0.717, 1.165) is 83.1 Å². The van der Waals surface area contributed by atoms with Gasteiger partial charge in [0.15, 0.2) is 0 Å².